The first-order valence-electron chi connectivity index (χ1n) is 7.53. The Kier molecular flexibility index (Phi) is 5.25. The molecule has 0 aliphatic heterocycles. The molecule has 0 spiro atoms. The molecule has 0 radical (unpaired) electrons. The van der Waals surface area contributed by atoms with E-state index < -0.39 is 0 Å². The van der Waals surface area contributed by atoms with Gasteiger partial charge >= 0.3 is 0 Å². The molecular weight excluding hydrogens is 312 g/mol. The van der Waals surface area contributed by atoms with Crippen molar-refractivity contribution in [3.63, 3.8) is 0 Å². The predicted octanol–water partition coefficient (Wildman–Crippen LogP) is 1.83. The van der Waals surface area contributed by atoms with Crippen LogP contribution in [-0.2, 0) is 4.79 Å². The highest BCUT2D eigenvalue weighted by atomic mass is 32.2. The van der Waals surface area contributed by atoms with Crippen molar-refractivity contribution in [1.29, 1.82) is 0 Å². The molecular formula is C15H18N6OS. The van der Waals surface area contributed by atoms with Crippen molar-refractivity contribution in [1.82, 2.24) is 31.1 Å². The van der Waals surface area contributed by atoms with Crippen LogP contribution in [0, 0.1) is 0 Å². The third-order valence-corrected chi connectivity index (χ3v) is 4.35. The fourth-order valence-electron chi connectivity index (χ4n) is 2.27. The molecule has 1 amide bonds. The van der Waals surface area contributed by atoms with E-state index in [1.54, 1.807) is 4.68 Å². The van der Waals surface area contributed by atoms with Gasteiger partial charge in [0.1, 0.15) is 0 Å². The molecule has 0 fully saturated rings. The monoisotopic (exact) mass is 330 g/mol. The molecule has 1 heterocycles. The molecule has 1 aliphatic carbocycles. The number of carbonyl (C=O) groups excluding carboxylic acids is 1. The molecule has 7 nitrogen and oxygen atoms in total. The van der Waals surface area contributed by atoms with Gasteiger partial charge in [0, 0.05) is 5.70 Å². The summed E-state index contributed by atoms with van der Waals surface area (Å²) < 4.78 is 1.62. The van der Waals surface area contributed by atoms with Crippen LogP contribution < -0.4 is 10.9 Å². The SMILES string of the molecule is O=C(CSc1nnnn1-c1ccccc1)NNC1=CCCCC1. The van der Waals surface area contributed by atoms with Crippen molar-refractivity contribution in [2.75, 3.05) is 5.75 Å². The van der Waals surface area contributed by atoms with Gasteiger partial charge in [0.15, 0.2) is 0 Å². The molecule has 3 rings (SSSR count). The number of hydrazine groups is 1. The van der Waals surface area contributed by atoms with Crippen LogP contribution >= 0.6 is 11.8 Å². The second kappa shape index (κ2) is 7.77. The predicted molar refractivity (Wildman–Crippen MR) is 87.7 cm³/mol. The Hall–Kier alpha value is -2.35. The number of para-hydroxylation sites is 1. The van der Waals surface area contributed by atoms with Gasteiger partial charge in [-0.25, -0.2) is 0 Å². The molecule has 2 N–H and O–H groups in total. The summed E-state index contributed by atoms with van der Waals surface area (Å²) in [6.45, 7) is 0. The van der Waals surface area contributed by atoms with Gasteiger partial charge in [0.2, 0.25) is 11.1 Å². The van der Waals surface area contributed by atoms with Gasteiger partial charge in [-0.1, -0.05) is 36.0 Å². The quantitative estimate of drug-likeness (QED) is 0.621. The van der Waals surface area contributed by atoms with Gasteiger partial charge < -0.3 is 5.43 Å². The van der Waals surface area contributed by atoms with Crippen LogP contribution in [-0.4, -0.2) is 31.9 Å². The molecule has 0 saturated heterocycles. The number of thioether (sulfide) groups is 1. The Morgan fingerprint density at radius 3 is 2.91 bits per heavy atom. The molecule has 120 valence electrons. The molecule has 0 saturated carbocycles. The van der Waals surface area contributed by atoms with Gasteiger partial charge in [0.25, 0.3) is 0 Å². The highest BCUT2D eigenvalue weighted by molar-refractivity contribution is 7.99. The van der Waals surface area contributed by atoms with Crippen molar-refractivity contribution in [2.45, 2.75) is 30.8 Å². The van der Waals surface area contributed by atoms with Crippen molar-refractivity contribution in [3.05, 3.63) is 42.1 Å². The number of rotatable bonds is 6. The second-order valence-corrected chi connectivity index (χ2v) is 6.09. The zero-order valence-corrected chi connectivity index (χ0v) is 13.4. The van der Waals surface area contributed by atoms with Crippen molar-refractivity contribution < 1.29 is 4.79 Å². The highest BCUT2D eigenvalue weighted by Gasteiger charge is 2.11. The third-order valence-electron chi connectivity index (χ3n) is 3.43. The summed E-state index contributed by atoms with van der Waals surface area (Å²) in [6, 6.07) is 9.59. The minimum absolute atomic E-state index is 0.107. The number of nitrogens with one attached hydrogen (secondary N) is 2. The van der Waals surface area contributed by atoms with E-state index in [2.05, 4.69) is 32.5 Å². The van der Waals surface area contributed by atoms with Crippen LogP contribution in [0.4, 0.5) is 0 Å². The number of nitrogens with zero attached hydrogens (tertiary/aromatic N) is 4. The first kappa shape index (κ1) is 15.5. The molecule has 8 heteroatoms. The Balaban J connectivity index is 1.52. The summed E-state index contributed by atoms with van der Waals surface area (Å²) in [5.74, 6) is 0.136. The van der Waals surface area contributed by atoms with Crippen molar-refractivity contribution in [2.24, 2.45) is 0 Å². The van der Waals surface area contributed by atoms with E-state index >= 15 is 0 Å². The highest BCUT2D eigenvalue weighted by Crippen LogP contribution is 2.17. The van der Waals surface area contributed by atoms with Crippen LogP contribution in [0.1, 0.15) is 25.7 Å². The van der Waals surface area contributed by atoms with Crippen molar-refractivity contribution in [3.8, 4) is 5.69 Å². The number of allylic oxidation sites excluding steroid dienone is 2. The van der Waals surface area contributed by atoms with E-state index in [1.165, 1.54) is 18.2 Å². The van der Waals surface area contributed by atoms with E-state index in [4.69, 9.17) is 0 Å². The van der Waals surface area contributed by atoms with E-state index in [9.17, 15) is 4.79 Å². The summed E-state index contributed by atoms with van der Waals surface area (Å²) >= 11 is 1.30. The fraction of sp³-hybridized carbons (Fsp3) is 0.333. The maximum atomic E-state index is 11.9. The Morgan fingerprint density at radius 1 is 1.26 bits per heavy atom. The number of carbonyl (C=O) groups is 1. The van der Waals surface area contributed by atoms with E-state index in [0.717, 1.165) is 30.6 Å². The maximum absolute atomic E-state index is 11.9. The van der Waals surface area contributed by atoms with Gasteiger partial charge in [-0.05, 0) is 48.2 Å². The van der Waals surface area contributed by atoms with Gasteiger partial charge in [-0.15, -0.1) is 5.10 Å². The third kappa shape index (κ3) is 4.32. The molecule has 2 aromatic rings. The lowest BCUT2D eigenvalue weighted by atomic mass is 10.1. The normalized spacial score (nSPS) is 14.2. The zero-order valence-electron chi connectivity index (χ0n) is 12.6. The number of benzene rings is 1. The van der Waals surface area contributed by atoms with Gasteiger partial charge in [-0.2, -0.15) is 4.68 Å². The lowest BCUT2D eigenvalue weighted by Gasteiger charge is -2.15. The number of hydrogen-bond donors (Lipinski definition) is 2. The Labute approximate surface area is 138 Å². The van der Waals surface area contributed by atoms with Crippen molar-refractivity contribution >= 4 is 17.7 Å². The fourth-order valence-corrected chi connectivity index (χ4v) is 2.96. The standard InChI is InChI=1S/C15H18N6OS/c22-14(17-16-12-7-3-1-4-8-12)11-23-15-18-19-20-21(15)13-9-5-2-6-10-13/h2,5-7,9-10,16H,1,3-4,8,11H2,(H,17,22). The smallest absolute Gasteiger partial charge is 0.248 e. The average Bonchev–Trinajstić information content (AvgIpc) is 3.08. The number of tetrazole rings is 1. The van der Waals surface area contributed by atoms with Crippen LogP contribution in [0.3, 0.4) is 0 Å². The number of amides is 1. The molecule has 1 aromatic heterocycles. The summed E-state index contributed by atoms with van der Waals surface area (Å²) in [4.78, 5) is 11.9. The lowest BCUT2D eigenvalue weighted by Crippen LogP contribution is -2.38. The van der Waals surface area contributed by atoms with E-state index in [0.29, 0.717) is 5.16 Å². The van der Waals surface area contributed by atoms with Crippen LogP contribution in [0.25, 0.3) is 5.69 Å². The molecule has 23 heavy (non-hydrogen) atoms. The lowest BCUT2D eigenvalue weighted by molar-refractivity contribution is -0.119. The zero-order chi connectivity index (χ0) is 15.9. The van der Waals surface area contributed by atoms with Crippen LogP contribution in [0.2, 0.25) is 0 Å². The second-order valence-electron chi connectivity index (χ2n) is 5.15. The van der Waals surface area contributed by atoms with Gasteiger partial charge in [-0.3, -0.25) is 10.2 Å². The van der Waals surface area contributed by atoms with E-state index in [-0.39, 0.29) is 11.7 Å². The molecule has 0 atom stereocenters. The molecule has 0 bridgehead atoms. The first-order chi connectivity index (χ1) is 11.3. The molecule has 1 aliphatic rings. The molecule has 0 unspecified atom stereocenters. The number of hydrogen-bond acceptors (Lipinski definition) is 6. The average molecular weight is 330 g/mol. The van der Waals surface area contributed by atoms with E-state index in [1.807, 2.05) is 30.3 Å². The van der Waals surface area contributed by atoms with Gasteiger partial charge in [0.05, 0.1) is 11.4 Å². The Morgan fingerprint density at radius 2 is 2.13 bits per heavy atom. The van der Waals surface area contributed by atoms with Crippen LogP contribution in [0.15, 0.2) is 47.3 Å². The maximum Gasteiger partial charge on any atom is 0.248 e. The summed E-state index contributed by atoms with van der Waals surface area (Å²) in [6.07, 6.45) is 6.57. The summed E-state index contributed by atoms with van der Waals surface area (Å²) in [5, 5.41) is 12.2. The molecule has 1 aromatic carbocycles. The minimum Gasteiger partial charge on any atom is -0.303 e. The first-order valence-corrected chi connectivity index (χ1v) is 8.52. The topological polar surface area (TPSA) is 84.7 Å². The summed E-state index contributed by atoms with van der Waals surface area (Å²) in [5.41, 5.74) is 7.66. The summed E-state index contributed by atoms with van der Waals surface area (Å²) in [7, 11) is 0. The Bertz CT molecular complexity index is 684. The minimum atomic E-state index is -0.107. The number of aromatic nitrogens is 4. The van der Waals surface area contributed by atoms with Crippen LogP contribution in [0.5, 0.6) is 0 Å². The largest absolute Gasteiger partial charge is 0.303 e.